The number of hydrogen-bond donors (Lipinski definition) is 1. The second-order valence-electron chi connectivity index (χ2n) is 4.70. The second kappa shape index (κ2) is 6.90. The van der Waals surface area contributed by atoms with Crippen molar-refractivity contribution in [2.75, 3.05) is 11.8 Å². The minimum atomic E-state index is -3.95. The van der Waals surface area contributed by atoms with Gasteiger partial charge in [-0.05, 0) is 48.9 Å². The zero-order valence-corrected chi connectivity index (χ0v) is 15.4. The molecule has 0 heterocycles. The molecule has 0 atom stereocenters. The smallest absolute Gasteiger partial charge is 0.337 e. The van der Waals surface area contributed by atoms with Crippen molar-refractivity contribution in [3.05, 3.63) is 57.0 Å². The van der Waals surface area contributed by atoms with E-state index < -0.39 is 16.0 Å². The number of ether oxygens (including phenoxy) is 1. The van der Waals surface area contributed by atoms with Gasteiger partial charge in [0.2, 0.25) is 0 Å². The summed E-state index contributed by atoms with van der Waals surface area (Å²) in [5.41, 5.74) is 1.26. The molecule has 1 N–H and O–H groups in total. The summed E-state index contributed by atoms with van der Waals surface area (Å²) in [7, 11) is -2.73. The molecule has 0 radical (unpaired) electrons. The Morgan fingerprint density at radius 3 is 2.52 bits per heavy atom. The minimum absolute atomic E-state index is 0.0138. The lowest BCUT2D eigenvalue weighted by molar-refractivity contribution is 0.0600. The molecule has 0 aliphatic rings. The fraction of sp³-hybridized carbons (Fsp3) is 0.133. The molecule has 2 aromatic rings. The molecule has 0 bridgehead atoms. The Labute approximate surface area is 147 Å². The molecule has 122 valence electrons. The Kier molecular flexibility index (Phi) is 5.33. The average Bonchev–Trinajstić information content (AvgIpc) is 2.49. The lowest BCUT2D eigenvalue weighted by atomic mass is 10.2. The first-order valence-corrected chi connectivity index (χ1v) is 9.07. The number of aryl methyl sites for hydroxylation is 1. The van der Waals surface area contributed by atoms with E-state index in [2.05, 4.69) is 25.4 Å². The highest BCUT2D eigenvalue weighted by Crippen LogP contribution is 2.27. The van der Waals surface area contributed by atoms with Gasteiger partial charge in [0.15, 0.2) is 0 Å². The van der Waals surface area contributed by atoms with Crippen LogP contribution in [0, 0.1) is 6.92 Å². The Morgan fingerprint density at radius 1 is 1.22 bits per heavy atom. The average molecular weight is 419 g/mol. The van der Waals surface area contributed by atoms with Crippen LogP contribution >= 0.6 is 27.5 Å². The number of esters is 1. The first kappa shape index (κ1) is 17.8. The van der Waals surface area contributed by atoms with E-state index in [1.807, 2.05) is 0 Å². The van der Waals surface area contributed by atoms with Gasteiger partial charge in [0, 0.05) is 4.47 Å². The van der Waals surface area contributed by atoms with Crippen molar-refractivity contribution in [3.8, 4) is 0 Å². The van der Waals surface area contributed by atoms with Crippen molar-refractivity contribution >= 4 is 49.2 Å². The van der Waals surface area contributed by atoms with E-state index in [0.29, 0.717) is 5.69 Å². The lowest BCUT2D eigenvalue weighted by Gasteiger charge is -2.12. The number of halogens is 2. The zero-order valence-electron chi connectivity index (χ0n) is 12.3. The number of anilines is 1. The number of benzene rings is 2. The topological polar surface area (TPSA) is 72.5 Å². The molecular formula is C15H13BrClNO4S. The first-order valence-electron chi connectivity index (χ1n) is 6.41. The lowest BCUT2D eigenvalue weighted by Crippen LogP contribution is -2.15. The molecule has 8 heteroatoms. The SMILES string of the molecule is COC(=O)c1ccc(Cl)c(S(=O)(=O)Nc2ccc(Br)cc2C)c1. The van der Waals surface area contributed by atoms with E-state index in [1.165, 1.54) is 25.3 Å². The molecule has 23 heavy (non-hydrogen) atoms. The molecule has 0 unspecified atom stereocenters. The number of sulfonamides is 1. The maximum atomic E-state index is 12.6. The molecular weight excluding hydrogens is 406 g/mol. The molecule has 2 rings (SSSR count). The van der Waals surface area contributed by atoms with Gasteiger partial charge in [0.25, 0.3) is 10.0 Å². The van der Waals surface area contributed by atoms with Gasteiger partial charge < -0.3 is 4.74 Å². The van der Waals surface area contributed by atoms with Crippen LogP contribution in [0.5, 0.6) is 0 Å². The molecule has 0 amide bonds. The van der Waals surface area contributed by atoms with Gasteiger partial charge in [-0.2, -0.15) is 0 Å². The maximum absolute atomic E-state index is 12.6. The quantitative estimate of drug-likeness (QED) is 0.762. The number of carbonyl (C=O) groups is 1. The number of nitrogens with one attached hydrogen (secondary N) is 1. The van der Waals surface area contributed by atoms with Gasteiger partial charge in [-0.15, -0.1) is 0 Å². The van der Waals surface area contributed by atoms with Gasteiger partial charge in [-0.1, -0.05) is 27.5 Å². The summed E-state index contributed by atoms with van der Waals surface area (Å²) in [5.74, 6) is -0.641. The van der Waals surface area contributed by atoms with Crippen LogP contribution in [0.4, 0.5) is 5.69 Å². The summed E-state index contributed by atoms with van der Waals surface area (Å²) in [6.07, 6.45) is 0. The predicted molar refractivity (Wildman–Crippen MR) is 92.5 cm³/mol. The van der Waals surface area contributed by atoms with Crippen LogP contribution < -0.4 is 4.72 Å². The van der Waals surface area contributed by atoms with E-state index in [9.17, 15) is 13.2 Å². The Morgan fingerprint density at radius 2 is 1.91 bits per heavy atom. The van der Waals surface area contributed by atoms with Gasteiger partial charge in [-0.25, -0.2) is 13.2 Å². The van der Waals surface area contributed by atoms with Crippen molar-refractivity contribution in [3.63, 3.8) is 0 Å². The number of hydrogen-bond acceptors (Lipinski definition) is 4. The molecule has 0 aliphatic carbocycles. The van der Waals surface area contributed by atoms with E-state index in [1.54, 1.807) is 25.1 Å². The van der Waals surface area contributed by atoms with Gasteiger partial charge >= 0.3 is 5.97 Å². The Hall–Kier alpha value is -1.57. The third kappa shape index (κ3) is 4.04. The third-order valence-electron chi connectivity index (χ3n) is 3.07. The minimum Gasteiger partial charge on any atom is -0.465 e. The van der Waals surface area contributed by atoms with Crippen LogP contribution in [0.2, 0.25) is 5.02 Å². The summed E-state index contributed by atoms with van der Waals surface area (Å²) in [6, 6.07) is 9.07. The standard InChI is InChI=1S/C15H13BrClNO4S/c1-9-7-11(16)4-6-13(9)18-23(20,21)14-8-10(15(19)22-2)3-5-12(14)17/h3-8,18H,1-2H3. The normalized spacial score (nSPS) is 11.1. The fourth-order valence-electron chi connectivity index (χ4n) is 1.90. The van der Waals surface area contributed by atoms with Crippen LogP contribution in [0.3, 0.4) is 0 Å². The van der Waals surface area contributed by atoms with E-state index in [4.69, 9.17) is 11.6 Å². The van der Waals surface area contributed by atoms with Crippen molar-refractivity contribution in [2.45, 2.75) is 11.8 Å². The molecule has 0 fully saturated rings. The van der Waals surface area contributed by atoms with E-state index in [0.717, 1.165) is 10.0 Å². The van der Waals surface area contributed by atoms with Crippen molar-refractivity contribution in [1.82, 2.24) is 0 Å². The van der Waals surface area contributed by atoms with E-state index in [-0.39, 0.29) is 15.5 Å². The van der Waals surface area contributed by atoms with Gasteiger partial charge in [0.1, 0.15) is 4.90 Å². The van der Waals surface area contributed by atoms with Crippen LogP contribution in [0.25, 0.3) is 0 Å². The zero-order chi connectivity index (χ0) is 17.2. The predicted octanol–water partition coefficient (Wildman–Crippen LogP) is 4.00. The van der Waals surface area contributed by atoms with Crippen LogP contribution in [-0.4, -0.2) is 21.5 Å². The number of carbonyl (C=O) groups excluding carboxylic acids is 1. The third-order valence-corrected chi connectivity index (χ3v) is 5.41. The second-order valence-corrected chi connectivity index (χ2v) is 7.68. The van der Waals surface area contributed by atoms with Gasteiger partial charge in [-0.3, -0.25) is 4.72 Å². The summed E-state index contributed by atoms with van der Waals surface area (Å²) >= 11 is 9.30. The highest BCUT2D eigenvalue weighted by molar-refractivity contribution is 9.10. The molecule has 0 aromatic heterocycles. The van der Waals surface area contributed by atoms with Crippen LogP contribution in [0.1, 0.15) is 15.9 Å². The van der Waals surface area contributed by atoms with Crippen LogP contribution in [-0.2, 0) is 14.8 Å². The monoisotopic (exact) mass is 417 g/mol. The highest BCUT2D eigenvalue weighted by atomic mass is 79.9. The van der Waals surface area contributed by atoms with Gasteiger partial charge in [0.05, 0.1) is 23.4 Å². The number of rotatable bonds is 4. The van der Waals surface area contributed by atoms with Crippen molar-refractivity contribution in [1.29, 1.82) is 0 Å². The van der Waals surface area contributed by atoms with E-state index >= 15 is 0 Å². The fourth-order valence-corrected chi connectivity index (χ4v) is 4.03. The van der Waals surface area contributed by atoms with Crippen molar-refractivity contribution < 1.29 is 17.9 Å². The largest absolute Gasteiger partial charge is 0.465 e. The summed E-state index contributed by atoms with van der Waals surface area (Å²) in [4.78, 5) is 11.4. The number of methoxy groups -OCH3 is 1. The van der Waals surface area contributed by atoms with Crippen LogP contribution in [0.15, 0.2) is 45.8 Å². The Bertz CT molecular complexity index is 868. The summed E-state index contributed by atoms with van der Waals surface area (Å²) in [5, 5.41) is 0.0138. The van der Waals surface area contributed by atoms with Crippen molar-refractivity contribution in [2.24, 2.45) is 0 Å². The highest BCUT2D eigenvalue weighted by Gasteiger charge is 2.21. The Balaban J connectivity index is 2.45. The first-order chi connectivity index (χ1) is 10.7. The summed E-state index contributed by atoms with van der Waals surface area (Å²) < 4.78 is 33.0. The molecule has 0 saturated heterocycles. The molecule has 0 saturated carbocycles. The molecule has 5 nitrogen and oxygen atoms in total. The maximum Gasteiger partial charge on any atom is 0.337 e. The molecule has 0 spiro atoms. The molecule has 2 aromatic carbocycles. The summed E-state index contributed by atoms with van der Waals surface area (Å²) in [6.45, 7) is 1.77. The molecule has 0 aliphatic heterocycles.